The number of nitrogens with zero attached hydrogens (tertiary/aromatic N) is 1. The van der Waals surface area contributed by atoms with Crippen molar-refractivity contribution in [2.45, 2.75) is 26.2 Å². The Hall–Kier alpha value is -3.34. The van der Waals surface area contributed by atoms with E-state index in [1.54, 1.807) is 0 Å². The van der Waals surface area contributed by atoms with Gasteiger partial charge in [0, 0.05) is 25.2 Å². The van der Waals surface area contributed by atoms with Crippen molar-refractivity contribution in [1.29, 1.82) is 0 Å². The zero-order valence-corrected chi connectivity index (χ0v) is 18.5. The first-order chi connectivity index (χ1) is 15.6. The van der Waals surface area contributed by atoms with Gasteiger partial charge in [-0.15, -0.1) is 0 Å². The highest BCUT2D eigenvalue weighted by Gasteiger charge is 2.29. The van der Waals surface area contributed by atoms with Gasteiger partial charge in [-0.25, -0.2) is 0 Å². The molecule has 1 aliphatic rings. The van der Waals surface area contributed by atoms with Crippen LogP contribution in [0.2, 0.25) is 0 Å². The number of rotatable bonds is 7. The largest absolute Gasteiger partial charge is 0.494 e. The van der Waals surface area contributed by atoms with Crippen LogP contribution in [0.25, 0.3) is 10.8 Å². The zero-order chi connectivity index (χ0) is 22.3. The monoisotopic (exact) mass is 430 g/mol. The number of aryl methyl sites for hydroxylation is 1. The standard InChI is InChI=1S/C27H30N2O3/c1-20-8-4-12-23(18-20)32-17-7-15-28-26(30)22-11-6-16-29(19-22)27(31)25-14-5-10-21-9-2-3-13-24(21)25/h2-5,8-10,12-14,18,22H,6-7,11,15-17,19H2,1H3,(H,28,30). The summed E-state index contributed by atoms with van der Waals surface area (Å²) < 4.78 is 5.74. The molecule has 5 heteroatoms. The number of amides is 2. The second kappa shape index (κ2) is 10.3. The molecule has 32 heavy (non-hydrogen) atoms. The van der Waals surface area contributed by atoms with E-state index in [2.05, 4.69) is 5.32 Å². The molecule has 3 aromatic carbocycles. The van der Waals surface area contributed by atoms with E-state index in [9.17, 15) is 9.59 Å². The first kappa shape index (κ1) is 21.9. The van der Waals surface area contributed by atoms with E-state index in [0.29, 0.717) is 31.8 Å². The Morgan fingerprint density at radius 3 is 2.75 bits per heavy atom. The fourth-order valence-electron chi connectivity index (χ4n) is 4.28. The van der Waals surface area contributed by atoms with Gasteiger partial charge in [0.15, 0.2) is 0 Å². The summed E-state index contributed by atoms with van der Waals surface area (Å²) in [7, 11) is 0. The minimum atomic E-state index is -0.166. The number of hydrogen-bond acceptors (Lipinski definition) is 3. The summed E-state index contributed by atoms with van der Waals surface area (Å²) in [5.74, 6) is 0.716. The summed E-state index contributed by atoms with van der Waals surface area (Å²) in [6.07, 6.45) is 2.39. The summed E-state index contributed by atoms with van der Waals surface area (Å²) in [6, 6.07) is 21.7. The molecule has 0 saturated carbocycles. The molecule has 1 saturated heterocycles. The molecule has 0 bridgehead atoms. The Bertz CT molecular complexity index is 1090. The number of ether oxygens (including phenoxy) is 1. The Balaban J connectivity index is 1.27. The molecule has 2 amide bonds. The lowest BCUT2D eigenvalue weighted by atomic mass is 9.95. The maximum absolute atomic E-state index is 13.2. The minimum Gasteiger partial charge on any atom is -0.494 e. The summed E-state index contributed by atoms with van der Waals surface area (Å²) >= 11 is 0. The van der Waals surface area contributed by atoms with Gasteiger partial charge in [-0.05, 0) is 60.7 Å². The summed E-state index contributed by atoms with van der Waals surface area (Å²) in [5.41, 5.74) is 1.87. The molecule has 1 atom stereocenters. The number of benzene rings is 3. The van der Waals surface area contributed by atoms with E-state index in [0.717, 1.165) is 41.3 Å². The zero-order valence-electron chi connectivity index (χ0n) is 18.5. The topological polar surface area (TPSA) is 58.6 Å². The maximum atomic E-state index is 13.2. The minimum absolute atomic E-state index is 0.00542. The molecule has 0 spiro atoms. The highest BCUT2D eigenvalue weighted by molar-refractivity contribution is 6.07. The molecule has 4 rings (SSSR count). The van der Waals surface area contributed by atoms with Gasteiger partial charge in [0.2, 0.25) is 5.91 Å². The molecule has 1 N–H and O–H groups in total. The third-order valence-electron chi connectivity index (χ3n) is 5.98. The average molecular weight is 431 g/mol. The van der Waals surface area contributed by atoms with Crippen LogP contribution in [0, 0.1) is 12.8 Å². The van der Waals surface area contributed by atoms with Crippen molar-refractivity contribution >= 4 is 22.6 Å². The smallest absolute Gasteiger partial charge is 0.254 e. The number of carbonyl (C=O) groups excluding carboxylic acids is 2. The van der Waals surface area contributed by atoms with E-state index in [1.165, 1.54) is 0 Å². The van der Waals surface area contributed by atoms with Crippen LogP contribution >= 0.6 is 0 Å². The molecule has 0 aromatic heterocycles. The van der Waals surface area contributed by atoms with E-state index in [1.807, 2.05) is 78.6 Å². The van der Waals surface area contributed by atoms with E-state index < -0.39 is 0 Å². The van der Waals surface area contributed by atoms with Crippen molar-refractivity contribution in [2.24, 2.45) is 5.92 Å². The SMILES string of the molecule is Cc1cccc(OCCCNC(=O)C2CCCN(C(=O)c3cccc4ccccc34)C2)c1. The summed E-state index contributed by atoms with van der Waals surface area (Å²) in [4.78, 5) is 27.8. The van der Waals surface area contributed by atoms with Crippen molar-refractivity contribution in [2.75, 3.05) is 26.2 Å². The number of hydrogen-bond donors (Lipinski definition) is 1. The van der Waals surface area contributed by atoms with Crippen molar-refractivity contribution in [3.63, 3.8) is 0 Å². The molecule has 1 heterocycles. The van der Waals surface area contributed by atoms with Gasteiger partial charge in [-0.2, -0.15) is 0 Å². The number of piperidine rings is 1. The summed E-state index contributed by atoms with van der Waals surface area (Å²) in [6.45, 7) is 4.31. The molecular weight excluding hydrogens is 400 g/mol. The molecule has 166 valence electrons. The van der Waals surface area contributed by atoms with Crippen LogP contribution in [0.5, 0.6) is 5.75 Å². The Morgan fingerprint density at radius 2 is 1.88 bits per heavy atom. The lowest BCUT2D eigenvalue weighted by Crippen LogP contribution is -2.45. The van der Waals surface area contributed by atoms with Crippen molar-refractivity contribution in [1.82, 2.24) is 10.2 Å². The maximum Gasteiger partial charge on any atom is 0.254 e. The predicted octanol–water partition coefficient (Wildman–Crippen LogP) is 4.59. The highest BCUT2D eigenvalue weighted by atomic mass is 16.5. The van der Waals surface area contributed by atoms with Gasteiger partial charge in [0.05, 0.1) is 12.5 Å². The van der Waals surface area contributed by atoms with Gasteiger partial charge in [-0.3, -0.25) is 9.59 Å². The van der Waals surface area contributed by atoms with E-state index in [4.69, 9.17) is 4.74 Å². The van der Waals surface area contributed by atoms with Crippen molar-refractivity contribution in [3.05, 3.63) is 77.9 Å². The van der Waals surface area contributed by atoms with Crippen LogP contribution in [0.15, 0.2) is 66.7 Å². The highest BCUT2D eigenvalue weighted by Crippen LogP contribution is 2.23. The number of carbonyl (C=O) groups is 2. The Labute approximate surface area is 189 Å². The van der Waals surface area contributed by atoms with E-state index >= 15 is 0 Å². The molecule has 0 aliphatic carbocycles. The fourth-order valence-corrected chi connectivity index (χ4v) is 4.28. The lowest BCUT2D eigenvalue weighted by Gasteiger charge is -2.32. The van der Waals surface area contributed by atoms with Gasteiger partial charge in [-0.1, -0.05) is 48.5 Å². The molecular formula is C27H30N2O3. The van der Waals surface area contributed by atoms with Gasteiger partial charge in [0.25, 0.3) is 5.91 Å². The van der Waals surface area contributed by atoms with E-state index in [-0.39, 0.29) is 17.7 Å². The Morgan fingerprint density at radius 1 is 1.06 bits per heavy atom. The normalized spacial score (nSPS) is 16.0. The van der Waals surface area contributed by atoms with Crippen molar-refractivity contribution in [3.8, 4) is 5.75 Å². The number of nitrogens with one attached hydrogen (secondary N) is 1. The van der Waals surface area contributed by atoms with Crippen LogP contribution in [0.1, 0.15) is 35.2 Å². The van der Waals surface area contributed by atoms with Crippen LogP contribution in [0.4, 0.5) is 0 Å². The number of likely N-dealkylation sites (tertiary alicyclic amines) is 1. The molecule has 5 nitrogen and oxygen atoms in total. The molecule has 3 aromatic rings. The van der Waals surface area contributed by atoms with Crippen molar-refractivity contribution < 1.29 is 14.3 Å². The predicted molar refractivity (Wildman–Crippen MR) is 127 cm³/mol. The first-order valence-corrected chi connectivity index (χ1v) is 11.4. The van der Waals surface area contributed by atoms with Crippen LogP contribution in [-0.4, -0.2) is 43.0 Å². The molecule has 0 radical (unpaired) electrons. The third kappa shape index (κ3) is 5.28. The van der Waals surface area contributed by atoms with Crippen LogP contribution < -0.4 is 10.1 Å². The second-order valence-corrected chi connectivity index (χ2v) is 8.43. The first-order valence-electron chi connectivity index (χ1n) is 11.4. The molecule has 1 unspecified atom stereocenters. The number of fused-ring (bicyclic) bond motifs is 1. The quantitative estimate of drug-likeness (QED) is 0.558. The Kier molecular flexibility index (Phi) is 7.05. The lowest BCUT2D eigenvalue weighted by molar-refractivity contribution is -0.126. The third-order valence-corrected chi connectivity index (χ3v) is 5.98. The molecule has 1 aliphatic heterocycles. The van der Waals surface area contributed by atoms with Gasteiger partial charge in [0.1, 0.15) is 5.75 Å². The average Bonchev–Trinajstić information content (AvgIpc) is 2.83. The van der Waals surface area contributed by atoms with Gasteiger partial charge >= 0.3 is 0 Å². The van der Waals surface area contributed by atoms with Crippen LogP contribution in [-0.2, 0) is 4.79 Å². The molecule has 1 fully saturated rings. The van der Waals surface area contributed by atoms with Crippen LogP contribution in [0.3, 0.4) is 0 Å². The second-order valence-electron chi connectivity index (χ2n) is 8.43. The van der Waals surface area contributed by atoms with Gasteiger partial charge < -0.3 is 15.0 Å². The summed E-state index contributed by atoms with van der Waals surface area (Å²) in [5, 5.41) is 5.03. The fraction of sp³-hybridized carbons (Fsp3) is 0.333.